The topological polar surface area (TPSA) is 92.2 Å². The summed E-state index contributed by atoms with van der Waals surface area (Å²) in [5.74, 6) is 1.92. The summed E-state index contributed by atoms with van der Waals surface area (Å²) in [5.41, 5.74) is 5.37. The number of piperidine rings is 1. The highest BCUT2D eigenvalue weighted by molar-refractivity contribution is 5.81. The summed E-state index contributed by atoms with van der Waals surface area (Å²) < 4.78 is 6.98. The van der Waals surface area contributed by atoms with Crippen molar-refractivity contribution in [3.8, 4) is 28.3 Å². The van der Waals surface area contributed by atoms with Gasteiger partial charge in [0.2, 0.25) is 5.88 Å². The molecule has 0 aromatic carbocycles. The number of nitrogens with one attached hydrogen (secondary N) is 1. The Morgan fingerprint density at radius 3 is 2.47 bits per heavy atom. The van der Waals surface area contributed by atoms with Crippen LogP contribution in [0.15, 0.2) is 61.3 Å². The molecule has 2 unspecified atom stereocenters. The van der Waals surface area contributed by atoms with Gasteiger partial charge in [0, 0.05) is 105 Å². The third-order valence-corrected chi connectivity index (χ3v) is 7.20. The summed E-state index contributed by atoms with van der Waals surface area (Å²) >= 11 is 0. The predicted octanol–water partition coefficient (Wildman–Crippen LogP) is 3.30. The van der Waals surface area contributed by atoms with Crippen LogP contribution in [0.1, 0.15) is 18.4 Å². The molecule has 2 bridgehead atoms. The third kappa shape index (κ3) is 4.37. The van der Waals surface area contributed by atoms with E-state index in [0.29, 0.717) is 24.5 Å². The van der Waals surface area contributed by atoms with Crippen LogP contribution in [0, 0.1) is 0 Å². The fourth-order valence-electron chi connectivity index (χ4n) is 5.38. The molecule has 0 amide bonds. The monoisotopic (exact) mass is 483 g/mol. The lowest BCUT2D eigenvalue weighted by molar-refractivity contribution is -0.126. The number of nitrogens with zero attached hydrogens (tertiary/aromatic N) is 6. The standard InChI is InChI=1S/C27H29N7O2/c1-32-15-21(13-31-32)25-7-20(12-28-25)19-4-5-26(29-11-19)33-16-22-8-24(35)9-23(17-33)34(22)14-18-3-6-27(36-2)30-10-18/h3-7,10-13,15,22-23,28H,8-9,14,16-17H2,1-2H3. The van der Waals surface area contributed by atoms with Gasteiger partial charge in [0.05, 0.1) is 13.3 Å². The fraction of sp³-hybridized carbons (Fsp3) is 0.333. The number of fused-ring (bicyclic) bond motifs is 2. The number of aromatic amines is 1. The van der Waals surface area contributed by atoms with Crippen molar-refractivity contribution in [2.24, 2.45) is 7.05 Å². The summed E-state index contributed by atoms with van der Waals surface area (Å²) in [7, 11) is 3.53. The normalized spacial score (nSPS) is 20.1. The second kappa shape index (κ2) is 9.23. The van der Waals surface area contributed by atoms with E-state index in [0.717, 1.165) is 53.4 Å². The molecular weight excluding hydrogens is 454 g/mol. The molecule has 4 aromatic rings. The van der Waals surface area contributed by atoms with Gasteiger partial charge >= 0.3 is 0 Å². The molecule has 2 aliphatic heterocycles. The quantitative estimate of drug-likeness (QED) is 0.450. The van der Waals surface area contributed by atoms with Gasteiger partial charge in [-0.3, -0.25) is 14.4 Å². The molecule has 2 aliphatic rings. The molecule has 184 valence electrons. The van der Waals surface area contributed by atoms with Crippen molar-refractivity contribution < 1.29 is 9.53 Å². The number of aryl methyl sites for hydroxylation is 1. The lowest BCUT2D eigenvalue weighted by Crippen LogP contribution is -2.62. The van der Waals surface area contributed by atoms with Crippen molar-refractivity contribution in [1.29, 1.82) is 0 Å². The van der Waals surface area contributed by atoms with Gasteiger partial charge in [0.25, 0.3) is 0 Å². The molecule has 2 atom stereocenters. The maximum Gasteiger partial charge on any atom is 0.212 e. The van der Waals surface area contributed by atoms with E-state index < -0.39 is 0 Å². The number of aromatic nitrogens is 5. The van der Waals surface area contributed by atoms with Crippen LogP contribution in [0.4, 0.5) is 5.82 Å². The maximum absolute atomic E-state index is 12.4. The van der Waals surface area contributed by atoms with Crippen molar-refractivity contribution in [1.82, 2.24) is 29.6 Å². The molecule has 0 aliphatic carbocycles. The van der Waals surface area contributed by atoms with Gasteiger partial charge in [0.15, 0.2) is 0 Å². The summed E-state index contributed by atoms with van der Waals surface area (Å²) in [6, 6.07) is 10.6. The number of methoxy groups -OCH3 is 1. The third-order valence-electron chi connectivity index (χ3n) is 7.20. The van der Waals surface area contributed by atoms with Gasteiger partial charge in [-0.05, 0) is 23.8 Å². The minimum Gasteiger partial charge on any atom is -0.481 e. The Bertz CT molecular complexity index is 1340. The minimum atomic E-state index is 0.167. The number of ether oxygens (including phenoxy) is 1. The molecule has 0 spiro atoms. The van der Waals surface area contributed by atoms with E-state index in [1.54, 1.807) is 11.8 Å². The Morgan fingerprint density at radius 1 is 1.00 bits per heavy atom. The number of pyridine rings is 2. The highest BCUT2D eigenvalue weighted by atomic mass is 16.5. The van der Waals surface area contributed by atoms with Crippen LogP contribution in [0.2, 0.25) is 0 Å². The van der Waals surface area contributed by atoms with Crippen LogP contribution in [0.5, 0.6) is 5.88 Å². The number of H-pyrrole nitrogens is 1. The molecule has 36 heavy (non-hydrogen) atoms. The number of hydrogen-bond acceptors (Lipinski definition) is 7. The SMILES string of the molecule is COc1ccc(CN2C3CC(=O)CC2CN(c2ccc(-c4c[nH]c(-c5cnn(C)c5)c4)cn2)C3)cn1. The van der Waals surface area contributed by atoms with Crippen LogP contribution >= 0.6 is 0 Å². The molecule has 9 heteroatoms. The first-order valence-corrected chi connectivity index (χ1v) is 12.2. The van der Waals surface area contributed by atoms with E-state index in [2.05, 4.69) is 49.1 Å². The summed E-state index contributed by atoms with van der Waals surface area (Å²) in [4.78, 5) is 29.7. The largest absolute Gasteiger partial charge is 0.481 e. The highest BCUT2D eigenvalue weighted by Crippen LogP contribution is 2.32. The van der Waals surface area contributed by atoms with Gasteiger partial charge in [-0.15, -0.1) is 0 Å². The average Bonchev–Trinajstić information content (AvgIpc) is 3.54. The zero-order valence-electron chi connectivity index (χ0n) is 20.5. The lowest BCUT2D eigenvalue weighted by Gasteiger charge is -2.50. The smallest absolute Gasteiger partial charge is 0.212 e. The van der Waals surface area contributed by atoms with Crippen LogP contribution < -0.4 is 9.64 Å². The van der Waals surface area contributed by atoms with E-state index in [1.807, 2.05) is 44.1 Å². The zero-order valence-corrected chi connectivity index (χ0v) is 20.5. The molecule has 2 fully saturated rings. The van der Waals surface area contributed by atoms with Crippen molar-refractivity contribution >= 4 is 11.6 Å². The number of ketones is 1. The number of rotatable bonds is 6. The molecule has 6 rings (SSSR count). The molecule has 9 nitrogen and oxygen atoms in total. The number of carbonyl (C=O) groups is 1. The fourth-order valence-corrected chi connectivity index (χ4v) is 5.38. The first kappa shape index (κ1) is 22.5. The average molecular weight is 484 g/mol. The lowest BCUT2D eigenvalue weighted by atomic mass is 9.89. The summed E-state index contributed by atoms with van der Waals surface area (Å²) in [6.45, 7) is 2.35. The van der Waals surface area contributed by atoms with Gasteiger partial charge in [-0.25, -0.2) is 9.97 Å². The number of anilines is 1. The molecule has 0 radical (unpaired) electrons. The maximum atomic E-state index is 12.4. The van der Waals surface area contributed by atoms with Crippen LogP contribution in [0.3, 0.4) is 0 Å². The number of Topliss-reactive ketones (excluding diaryl/α,β-unsaturated/α-hetero) is 1. The number of carbonyl (C=O) groups excluding carboxylic acids is 1. The molecular formula is C27H29N7O2. The molecule has 1 N–H and O–H groups in total. The van der Waals surface area contributed by atoms with Crippen molar-refractivity contribution in [3.05, 3.63) is 66.9 Å². The van der Waals surface area contributed by atoms with Crippen LogP contribution in [-0.2, 0) is 18.4 Å². The van der Waals surface area contributed by atoms with E-state index >= 15 is 0 Å². The van der Waals surface area contributed by atoms with Crippen LogP contribution in [-0.4, -0.2) is 67.7 Å². The van der Waals surface area contributed by atoms with E-state index in [1.165, 1.54) is 0 Å². The van der Waals surface area contributed by atoms with Crippen molar-refractivity contribution in [3.63, 3.8) is 0 Å². The Kier molecular flexibility index (Phi) is 5.77. The summed E-state index contributed by atoms with van der Waals surface area (Å²) in [5, 5.41) is 4.25. The molecule has 0 saturated carbocycles. The van der Waals surface area contributed by atoms with Gasteiger partial charge in [-0.2, -0.15) is 5.10 Å². The van der Waals surface area contributed by atoms with Gasteiger partial charge in [0.1, 0.15) is 11.6 Å². The first-order chi connectivity index (χ1) is 17.6. The Labute approximate surface area is 209 Å². The molecule has 4 aromatic heterocycles. The zero-order chi connectivity index (χ0) is 24.6. The second-order valence-electron chi connectivity index (χ2n) is 9.65. The van der Waals surface area contributed by atoms with Gasteiger partial charge < -0.3 is 14.6 Å². The van der Waals surface area contributed by atoms with Gasteiger partial charge in [-0.1, -0.05) is 6.07 Å². The van der Waals surface area contributed by atoms with Crippen molar-refractivity contribution in [2.75, 3.05) is 25.1 Å². The second-order valence-corrected chi connectivity index (χ2v) is 9.65. The first-order valence-electron chi connectivity index (χ1n) is 12.2. The highest BCUT2D eigenvalue weighted by Gasteiger charge is 2.40. The predicted molar refractivity (Wildman–Crippen MR) is 137 cm³/mol. The molecule has 2 saturated heterocycles. The Morgan fingerprint density at radius 2 is 1.83 bits per heavy atom. The molecule has 6 heterocycles. The van der Waals surface area contributed by atoms with E-state index in [9.17, 15) is 4.79 Å². The Balaban J connectivity index is 1.16. The number of hydrogen-bond donors (Lipinski definition) is 1. The number of piperazine rings is 1. The van der Waals surface area contributed by atoms with E-state index in [-0.39, 0.29) is 12.1 Å². The Hall–Kier alpha value is -3.98. The van der Waals surface area contributed by atoms with E-state index in [4.69, 9.17) is 9.72 Å². The minimum absolute atomic E-state index is 0.167. The summed E-state index contributed by atoms with van der Waals surface area (Å²) in [6.07, 6.45) is 10.8. The van der Waals surface area contributed by atoms with Crippen molar-refractivity contribution in [2.45, 2.75) is 31.5 Å². The van der Waals surface area contributed by atoms with Crippen LogP contribution in [0.25, 0.3) is 22.4 Å².